The largest absolute Gasteiger partial charge is 0.354 e. The Morgan fingerprint density at radius 3 is 2.91 bits per heavy atom. The number of piperazine rings is 1. The summed E-state index contributed by atoms with van der Waals surface area (Å²) in [5.41, 5.74) is 0.427. The van der Waals surface area contributed by atoms with Gasteiger partial charge in [0.2, 0.25) is 11.5 Å². The van der Waals surface area contributed by atoms with Crippen LogP contribution in [0.25, 0.3) is 11.0 Å². The highest BCUT2D eigenvalue weighted by molar-refractivity contribution is 5.74. The van der Waals surface area contributed by atoms with Gasteiger partial charge in [-0.1, -0.05) is 0 Å². The predicted octanol–water partition coefficient (Wildman–Crippen LogP) is 0.367. The van der Waals surface area contributed by atoms with Crippen molar-refractivity contribution in [2.75, 3.05) is 51.6 Å². The van der Waals surface area contributed by atoms with Crippen LogP contribution in [0.5, 0.6) is 0 Å². The van der Waals surface area contributed by atoms with Gasteiger partial charge in [0.25, 0.3) is 0 Å². The molecule has 0 bridgehead atoms. The molecule has 0 unspecified atom stereocenters. The van der Waals surface area contributed by atoms with Crippen molar-refractivity contribution in [2.45, 2.75) is 6.42 Å². The van der Waals surface area contributed by atoms with E-state index in [1.165, 1.54) is 6.07 Å². The number of rotatable bonds is 5. The Labute approximate surface area is 129 Å². The molecule has 1 aliphatic heterocycles. The Kier molecular flexibility index (Phi) is 4.65. The van der Waals surface area contributed by atoms with Gasteiger partial charge in [0, 0.05) is 50.4 Å². The number of hydrogen-bond acceptors (Lipinski definition) is 6. The second-order valence-electron chi connectivity index (χ2n) is 5.75. The zero-order valence-corrected chi connectivity index (χ0v) is 12.9. The zero-order chi connectivity index (χ0) is 15.4. The van der Waals surface area contributed by atoms with Crippen molar-refractivity contribution in [2.24, 2.45) is 0 Å². The lowest BCUT2D eigenvalue weighted by atomic mass is 10.3. The summed E-state index contributed by atoms with van der Waals surface area (Å²) in [5.74, 6) is 0.563. The molecule has 22 heavy (non-hydrogen) atoms. The molecule has 0 aliphatic carbocycles. The predicted molar refractivity (Wildman–Crippen MR) is 87.2 cm³/mol. The molecular formula is C15H22N6O. The molecule has 1 saturated heterocycles. The third-order valence-corrected chi connectivity index (χ3v) is 4.00. The van der Waals surface area contributed by atoms with E-state index in [0.29, 0.717) is 11.6 Å². The van der Waals surface area contributed by atoms with Gasteiger partial charge in [-0.15, -0.1) is 0 Å². The third-order valence-electron chi connectivity index (χ3n) is 4.00. The number of hydrogen-bond donors (Lipinski definition) is 2. The molecule has 7 nitrogen and oxygen atoms in total. The SMILES string of the molecule is CN1CCN(CCCNc2ncc3ccc(=O)[nH]c3n2)CC1. The van der Waals surface area contributed by atoms with E-state index < -0.39 is 0 Å². The maximum atomic E-state index is 11.3. The Morgan fingerprint density at radius 2 is 2.09 bits per heavy atom. The highest BCUT2D eigenvalue weighted by Crippen LogP contribution is 2.07. The first-order valence-corrected chi connectivity index (χ1v) is 7.71. The van der Waals surface area contributed by atoms with E-state index in [2.05, 4.69) is 37.1 Å². The second-order valence-corrected chi connectivity index (χ2v) is 5.75. The molecule has 1 fully saturated rings. The first-order chi connectivity index (χ1) is 10.7. The number of fused-ring (bicyclic) bond motifs is 1. The molecule has 2 aromatic heterocycles. The summed E-state index contributed by atoms with van der Waals surface area (Å²) in [7, 11) is 2.17. The lowest BCUT2D eigenvalue weighted by Gasteiger charge is -2.32. The number of pyridine rings is 1. The van der Waals surface area contributed by atoms with E-state index in [0.717, 1.165) is 51.1 Å². The van der Waals surface area contributed by atoms with E-state index in [-0.39, 0.29) is 5.56 Å². The Morgan fingerprint density at radius 1 is 1.27 bits per heavy atom. The average molecular weight is 302 g/mol. The normalized spacial score (nSPS) is 17.0. The minimum atomic E-state index is -0.146. The highest BCUT2D eigenvalue weighted by Gasteiger charge is 2.12. The summed E-state index contributed by atoms with van der Waals surface area (Å²) in [5, 5.41) is 4.06. The number of likely N-dealkylation sites (N-methyl/N-ethyl adjacent to an activating group) is 1. The number of H-pyrrole nitrogens is 1. The van der Waals surface area contributed by atoms with Gasteiger partial charge in [0.05, 0.1) is 0 Å². The first kappa shape index (κ1) is 14.9. The van der Waals surface area contributed by atoms with Gasteiger partial charge in [-0.2, -0.15) is 4.98 Å². The average Bonchev–Trinajstić information content (AvgIpc) is 2.53. The summed E-state index contributed by atoms with van der Waals surface area (Å²) >= 11 is 0. The summed E-state index contributed by atoms with van der Waals surface area (Å²) in [6.45, 7) is 6.50. The van der Waals surface area contributed by atoms with Crippen molar-refractivity contribution in [1.29, 1.82) is 0 Å². The van der Waals surface area contributed by atoms with Crippen LogP contribution in [-0.2, 0) is 0 Å². The van der Waals surface area contributed by atoms with Crippen LogP contribution in [0.15, 0.2) is 23.1 Å². The standard InChI is InChI=1S/C15H22N6O/c1-20-7-9-21(10-8-20)6-2-5-16-15-17-11-12-3-4-13(22)18-14(12)19-15/h3-4,11H,2,5-10H2,1H3,(H2,16,17,18,19,22). The third kappa shape index (κ3) is 3.80. The summed E-state index contributed by atoms with van der Waals surface area (Å²) in [4.78, 5) is 27.5. The zero-order valence-electron chi connectivity index (χ0n) is 12.9. The van der Waals surface area contributed by atoms with Crippen LogP contribution in [0.1, 0.15) is 6.42 Å². The fraction of sp³-hybridized carbons (Fsp3) is 0.533. The Balaban J connectivity index is 1.48. The van der Waals surface area contributed by atoms with E-state index in [9.17, 15) is 4.79 Å². The molecule has 7 heteroatoms. The van der Waals surface area contributed by atoms with Gasteiger partial charge in [0.1, 0.15) is 5.65 Å². The van der Waals surface area contributed by atoms with Crippen molar-refractivity contribution in [3.8, 4) is 0 Å². The minimum absolute atomic E-state index is 0.146. The molecule has 0 saturated carbocycles. The van der Waals surface area contributed by atoms with E-state index in [1.54, 1.807) is 12.3 Å². The van der Waals surface area contributed by atoms with Gasteiger partial charge in [0.15, 0.2) is 0 Å². The summed E-state index contributed by atoms with van der Waals surface area (Å²) < 4.78 is 0. The van der Waals surface area contributed by atoms with Crippen molar-refractivity contribution < 1.29 is 0 Å². The van der Waals surface area contributed by atoms with Crippen LogP contribution >= 0.6 is 0 Å². The minimum Gasteiger partial charge on any atom is -0.354 e. The number of aromatic amines is 1. The van der Waals surface area contributed by atoms with E-state index >= 15 is 0 Å². The molecule has 2 N–H and O–H groups in total. The van der Waals surface area contributed by atoms with Gasteiger partial charge >= 0.3 is 0 Å². The van der Waals surface area contributed by atoms with Crippen molar-refractivity contribution >= 4 is 17.0 Å². The van der Waals surface area contributed by atoms with Crippen LogP contribution < -0.4 is 10.9 Å². The van der Waals surface area contributed by atoms with E-state index in [4.69, 9.17) is 0 Å². The van der Waals surface area contributed by atoms with Gasteiger partial charge < -0.3 is 20.1 Å². The van der Waals surface area contributed by atoms with Crippen LogP contribution in [0.3, 0.4) is 0 Å². The molecule has 3 rings (SSSR count). The number of nitrogens with one attached hydrogen (secondary N) is 2. The molecule has 0 atom stereocenters. The van der Waals surface area contributed by atoms with Gasteiger partial charge in [-0.05, 0) is 26.1 Å². The first-order valence-electron chi connectivity index (χ1n) is 7.71. The molecule has 2 aromatic rings. The topological polar surface area (TPSA) is 77.1 Å². The van der Waals surface area contributed by atoms with Crippen molar-refractivity contribution in [3.63, 3.8) is 0 Å². The van der Waals surface area contributed by atoms with Gasteiger partial charge in [-0.25, -0.2) is 4.98 Å². The molecule has 0 amide bonds. The van der Waals surface area contributed by atoms with Crippen LogP contribution in [0.4, 0.5) is 5.95 Å². The summed E-state index contributed by atoms with van der Waals surface area (Å²) in [6, 6.07) is 3.21. The fourth-order valence-corrected chi connectivity index (χ4v) is 2.60. The lowest BCUT2D eigenvalue weighted by molar-refractivity contribution is 0.154. The molecule has 0 radical (unpaired) electrons. The molecule has 3 heterocycles. The molecule has 118 valence electrons. The Hall–Kier alpha value is -1.99. The van der Waals surface area contributed by atoms with E-state index in [1.807, 2.05) is 0 Å². The van der Waals surface area contributed by atoms with Crippen LogP contribution in [-0.4, -0.2) is 71.1 Å². The number of nitrogens with zero attached hydrogens (tertiary/aromatic N) is 4. The molecular weight excluding hydrogens is 280 g/mol. The molecule has 0 aromatic carbocycles. The number of anilines is 1. The smallest absolute Gasteiger partial charge is 0.249 e. The Bertz CT molecular complexity index is 677. The maximum absolute atomic E-state index is 11.3. The van der Waals surface area contributed by atoms with Crippen LogP contribution in [0.2, 0.25) is 0 Å². The lowest BCUT2D eigenvalue weighted by Crippen LogP contribution is -2.44. The summed E-state index contributed by atoms with van der Waals surface area (Å²) in [6.07, 6.45) is 2.78. The van der Waals surface area contributed by atoms with Crippen molar-refractivity contribution in [3.05, 3.63) is 28.7 Å². The van der Waals surface area contributed by atoms with Crippen LogP contribution in [0, 0.1) is 0 Å². The van der Waals surface area contributed by atoms with Crippen molar-refractivity contribution in [1.82, 2.24) is 24.8 Å². The second kappa shape index (κ2) is 6.85. The monoisotopic (exact) mass is 302 g/mol. The van der Waals surface area contributed by atoms with Gasteiger partial charge in [-0.3, -0.25) is 4.79 Å². The quantitative estimate of drug-likeness (QED) is 0.777. The fourth-order valence-electron chi connectivity index (χ4n) is 2.60. The maximum Gasteiger partial charge on any atom is 0.249 e. The number of aromatic nitrogens is 3. The highest BCUT2D eigenvalue weighted by atomic mass is 16.1. The molecule has 1 aliphatic rings. The molecule has 0 spiro atoms.